The van der Waals surface area contributed by atoms with Gasteiger partial charge in [0.15, 0.2) is 0 Å². The zero-order valence-electron chi connectivity index (χ0n) is 14.9. The standard InChI is InChI=1S/C25H17NS/c1-16-11-14-23-21(15-16)20-13-12-19-18-9-5-6-10-22(18)26(24(19)25(20)27-23)17-7-3-2-4-8-17/h2-15H,1H3. The molecule has 0 radical (unpaired) electrons. The predicted octanol–water partition coefficient (Wildman–Crippen LogP) is 7.46. The summed E-state index contributed by atoms with van der Waals surface area (Å²) in [6, 6.07) is 30.8. The summed E-state index contributed by atoms with van der Waals surface area (Å²) >= 11 is 1.90. The second-order valence-corrected chi connectivity index (χ2v) is 8.18. The number of fused-ring (bicyclic) bond motifs is 7. The quantitative estimate of drug-likeness (QED) is 0.286. The Morgan fingerprint density at radius 3 is 2.33 bits per heavy atom. The lowest BCUT2D eigenvalue weighted by atomic mass is 10.1. The molecule has 0 aliphatic carbocycles. The van der Waals surface area contributed by atoms with Crippen molar-refractivity contribution in [3.8, 4) is 5.69 Å². The van der Waals surface area contributed by atoms with Crippen molar-refractivity contribution >= 4 is 53.3 Å². The van der Waals surface area contributed by atoms with Crippen LogP contribution in [0.2, 0.25) is 0 Å². The van der Waals surface area contributed by atoms with Gasteiger partial charge in [-0.15, -0.1) is 11.3 Å². The van der Waals surface area contributed by atoms with Gasteiger partial charge in [0.1, 0.15) is 0 Å². The summed E-state index contributed by atoms with van der Waals surface area (Å²) in [5, 5.41) is 5.35. The second kappa shape index (κ2) is 5.45. The van der Waals surface area contributed by atoms with Crippen molar-refractivity contribution in [2.75, 3.05) is 0 Å². The fourth-order valence-electron chi connectivity index (χ4n) is 4.24. The topological polar surface area (TPSA) is 4.93 Å². The van der Waals surface area contributed by atoms with Crippen molar-refractivity contribution in [2.24, 2.45) is 0 Å². The number of benzene rings is 4. The van der Waals surface area contributed by atoms with E-state index in [2.05, 4.69) is 96.4 Å². The van der Waals surface area contributed by atoms with Gasteiger partial charge < -0.3 is 4.57 Å². The van der Waals surface area contributed by atoms with Crippen LogP contribution in [0.5, 0.6) is 0 Å². The molecule has 0 atom stereocenters. The fraction of sp³-hybridized carbons (Fsp3) is 0.0400. The van der Waals surface area contributed by atoms with Crippen molar-refractivity contribution in [3.63, 3.8) is 0 Å². The van der Waals surface area contributed by atoms with Crippen LogP contribution < -0.4 is 0 Å². The van der Waals surface area contributed by atoms with Gasteiger partial charge >= 0.3 is 0 Å². The number of rotatable bonds is 1. The van der Waals surface area contributed by atoms with Crippen LogP contribution in [0.4, 0.5) is 0 Å². The van der Waals surface area contributed by atoms with Crippen molar-refractivity contribution < 1.29 is 0 Å². The molecule has 0 aliphatic rings. The molecule has 0 N–H and O–H groups in total. The van der Waals surface area contributed by atoms with Gasteiger partial charge in [-0.25, -0.2) is 0 Å². The van der Waals surface area contributed by atoms with Crippen LogP contribution in [0.15, 0.2) is 84.9 Å². The van der Waals surface area contributed by atoms with E-state index >= 15 is 0 Å². The SMILES string of the molecule is Cc1ccc2sc3c(ccc4c5ccccc5n(-c5ccccc5)c43)c2c1. The highest BCUT2D eigenvalue weighted by Crippen LogP contribution is 2.42. The van der Waals surface area contributed by atoms with Crippen LogP contribution in [0.25, 0.3) is 47.7 Å². The minimum atomic E-state index is 1.21. The molecule has 128 valence electrons. The summed E-state index contributed by atoms with van der Waals surface area (Å²) in [6.45, 7) is 2.17. The molecule has 27 heavy (non-hydrogen) atoms. The summed E-state index contributed by atoms with van der Waals surface area (Å²) in [5.74, 6) is 0. The fourth-order valence-corrected chi connectivity index (χ4v) is 5.46. The highest BCUT2D eigenvalue weighted by molar-refractivity contribution is 7.26. The molecule has 0 saturated heterocycles. The molecule has 0 bridgehead atoms. The number of hydrogen-bond donors (Lipinski definition) is 0. The van der Waals surface area contributed by atoms with Crippen LogP contribution in [0.1, 0.15) is 5.56 Å². The van der Waals surface area contributed by atoms with E-state index in [0.29, 0.717) is 0 Å². The monoisotopic (exact) mass is 363 g/mol. The number of aryl methyl sites for hydroxylation is 1. The second-order valence-electron chi connectivity index (χ2n) is 7.13. The van der Waals surface area contributed by atoms with Crippen molar-refractivity contribution in [1.29, 1.82) is 0 Å². The Morgan fingerprint density at radius 1 is 0.667 bits per heavy atom. The largest absolute Gasteiger partial charge is 0.308 e. The molecular formula is C25H17NS. The number of para-hydroxylation sites is 2. The Morgan fingerprint density at radius 2 is 1.44 bits per heavy atom. The molecule has 6 rings (SSSR count). The normalized spacial score (nSPS) is 11.9. The van der Waals surface area contributed by atoms with E-state index < -0.39 is 0 Å². The highest BCUT2D eigenvalue weighted by atomic mass is 32.1. The number of nitrogens with zero attached hydrogens (tertiary/aromatic N) is 1. The van der Waals surface area contributed by atoms with Crippen molar-refractivity contribution in [3.05, 3.63) is 90.5 Å². The Labute approximate surface area is 161 Å². The molecule has 0 aliphatic heterocycles. The third-order valence-electron chi connectivity index (χ3n) is 5.44. The van der Waals surface area contributed by atoms with Gasteiger partial charge in [0.25, 0.3) is 0 Å². The zero-order valence-corrected chi connectivity index (χ0v) is 15.8. The van der Waals surface area contributed by atoms with E-state index in [0.717, 1.165) is 0 Å². The van der Waals surface area contributed by atoms with Gasteiger partial charge in [-0.05, 0) is 37.3 Å². The molecule has 6 aromatic rings. The number of hydrogen-bond acceptors (Lipinski definition) is 1. The molecule has 0 unspecified atom stereocenters. The zero-order chi connectivity index (χ0) is 18.0. The minimum Gasteiger partial charge on any atom is -0.308 e. The van der Waals surface area contributed by atoms with Crippen molar-refractivity contribution in [1.82, 2.24) is 4.57 Å². The summed E-state index contributed by atoms with van der Waals surface area (Å²) in [7, 11) is 0. The first-order valence-electron chi connectivity index (χ1n) is 9.22. The van der Waals surface area contributed by atoms with Crippen LogP contribution in [0, 0.1) is 6.92 Å². The molecule has 4 aromatic carbocycles. The van der Waals surface area contributed by atoms with Gasteiger partial charge in [-0.1, -0.05) is 60.2 Å². The molecule has 0 saturated carbocycles. The maximum Gasteiger partial charge on any atom is 0.0719 e. The lowest BCUT2D eigenvalue weighted by Crippen LogP contribution is -1.92. The Bertz CT molecular complexity index is 1470. The van der Waals surface area contributed by atoms with Gasteiger partial charge in [0.2, 0.25) is 0 Å². The molecule has 0 fully saturated rings. The maximum atomic E-state index is 2.43. The number of aromatic nitrogens is 1. The molecule has 2 aromatic heterocycles. The lowest BCUT2D eigenvalue weighted by molar-refractivity contribution is 1.19. The van der Waals surface area contributed by atoms with Gasteiger partial charge in [-0.3, -0.25) is 0 Å². The molecule has 0 spiro atoms. The summed E-state index contributed by atoms with van der Waals surface area (Å²) in [5.41, 5.74) is 5.11. The van der Waals surface area contributed by atoms with Crippen LogP contribution >= 0.6 is 11.3 Å². The number of thiophene rings is 1. The summed E-state index contributed by atoms with van der Waals surface area (Å²) < 4.78 is 5.15. The maximum absolute atomic E-state index is 2.43. The lowest BCUT2D eigenvalue weighted by Gasteiger charge is -2.08. The van der Waals surface area contributed by atoms with Crippen molar-refractivity contribution in [2.45, 2.75) is 6.92 Å². The Kier molecular flexibility index (Phi) is 3.03. The van der Waals surface area contributed by atoms with Gasteiger partial charge in [-0.2, -0.15) is 0 Å². The van der Waals surface area contributed by atoms with E-state index in [9.17, 15) is 0 Å². The third kappa shape index (κ3) is 2.05. The minimum absolute atomic E-state index is 1.21. The third-order valence-corrected chi connectivity index (χ3v) is 6.64. The molecule has 1 nitrogen and oxygen atoms in total. The molecule has 2 heteroatoms. The van der Waals surface area contributed by atoms with E-state index in [-0.39, 0.29) is 0 Å². The first-order valence-corrected chi connectivity index (χ1v) is 10.0. The smallest absolute Gasteiger partial charge is 0.0719 e. The average Bonchev–Trinajstić information content (AvgIpc) is 3.24. The van der Waals surface area contributed by atoms with Crippen LogP contribution in [-0.2, 0) is 0 Å². The molecule has 2 heterocycles. The highest BCUT2D eigenvalue weighted by Gasteiger charge is 2.17. The molecular weight excluding hydrogens is 346 g/mol. The summed E-state index contributed by atoms with van der Waals surface area (Å²) in [4.78, 5) is 0. The van der Waals surface area contributed by atoms with Gasteiger partial charge in [0.05, 0.1) is 15.7 Å². The van der Waals surface area contributed by atoms with E-state index in [1.807, 2.05) is 11.3 Å². The van der Waals surface area contributed by atoms with Gasteiger partial charge in [0, 0.05) is 31.9 Å². The van der Waals surface area contributed by atoms with Crippen LogP contribution in [-0.4, -0.2) is 4.57 Å². The Balaban J connectivity index is 1.90. The van der Waals surface area contributed by atoms with E-state index in [4.69, 9.17) is 0 Å². The van der Waals surface area contributed by atoms with E-state index in [1.54, 1.807) is 0 Å². The van der Waals surface area contributed by atoms with Crippen LogP contribution in [0.3, 0.4) is 0 Å². The molecule has 0 amide bonds. The predicted molar refractivity (Wildman–Crippen MR) is 118 cm³/mol. The first kappa shape index (κ1) is 15.0. The average molecular weight is 363 g/mol. The first-order chi connectivity index (χ1) is 13.3. The van der Waals surface area contributed by atoms with E-state index in [1.165, 1.54) is 53.2 Å². The Hall–Kier alpha value is -3.10. The summed E-state index contributed by atoms with van der Waals surface area (Å²) in [6.07, 6.45) is 0.